The second-order valence-electron chi connectivity index (χ2n) is 11.9. The number of nitrogens with zero attached hydrogens (tertiary/aromatic N) is 4. The maximum Gasteiger partial charge on any atom is 0.255 e. The zero-order valence-electron chi connectivity index (χ0n) is 22.7. The standard InChI is InChI=1S/C31H41N5O2/c1-22-4-2-16-34(22)17-3-5-27-30(25-11-13-29(37)32-20-25)33-28-12-10-26(21-36(27)28)31(38)35(18-14-23-6-7-23)19-15-24-8-9-24/h10-13,20-24H,2-9,14-19H2,1H3,(H,32,37). The number of aromatic nitrogens is 3. The van der Waals surface area contributed by atoms with Gasteiger partial charge in [0.2, 0.25) is 5.56 Å². The molecule has 0 bridgehead atoms. The molecule has 1 unspecified atom stereocenters. The van der Waals surface area contributed by atoms with E-state index in [2.05, 4.69) is 26.1 Å². The molecule has 0 aromatic carbocycles. The third kappa shape index (κ3) is 5.88. The first-order valence-corrected chi connectivity index (χ1v) is 14.8. The Balaban J connectivity index is 1.28. The summed E-state index contributed by atoms with van der Waals surface area (Å²) in [4.78, 5) is 37.9. The predicted molar refractivity (Wildman–Crippen MR) is 150 cm³/mol. The summed E-state index contributed by atoms with van der Waals surface area (Å²) in [7, 11) is 0. The van der Waals surface area contributed by atoms with Crippen LogP contribution in [0.15, 0.2) is 41.5 Å². The summed E-state index contributed by atoms with van der Waals surface area (Å²) < 4.78 is 2.13. The highest BCUT2D eigenvalue weighted by Gasteiger charge is 2.27. The number of amides is 1. The molecule has 7 nitrogen and oxygen atoms in total. The van der Waals surface area contributed by atoms with Crippen molar-refractivity contribution in [2.45, 2.75) is 77.2 Å². The van der Waals surface area contributed by atoms with Gasteiger partial charge in [-0.3, -0.25) is 9.59 Å². The van der Waals surface area contributed by atoms with E-state index in [1.165, 1.54) is 45.1 Å². The van der Waals surface area contributed by atoms with Crippen LogP contribution < -0.4 is 5.56 Å². The average molecular weight is 516 g/mol. The first-order chi connectivity index (χ1) is 18.5. The fourth-order valence-corrected chi connectivity index (χ4v) is 6.01. The Labute approximate surface area is 225 Å². The topological polar surface area (TPSA) is 73.7 Å². The van der Waals surface area contributed by atoms with Crippen molar-refractivity contribution in [2.75, 3.05) is 26.2 Å². The Hall–Kier alpha value is -2.93. The molecule has 3 aromatic rings. The number of nitrogens with one attached hydrogen (secondary N) is 1. The van der Waals surface area contributed by atoms with Gasteiger partial charge in [0, 0.05) is 43.2 Å². The number of pyridine rings is 2. The van der Waals surface area contributed by atoms with E-state index in [4.69, 9.17) is 4.98 Å². The van der Waals surface area contributed by atoms with Gasteiger partial charge in [0.1, 0.15) is 5.65 Å². The molecule has 1 atom stereocenters. The highest BCUT2D eigenvalue weighted by molar-refractivity contribution is 5.94. The summed E-state index contributed by atoms with van der Waals surface area (Å²) in [5.41, 5.74) is 4.36. The van der Waals surface area contributed by atoms with Crippen LogP contribution in [0.3, 0.4) is 0 Å². The molecule has 3 aromatic heterocycles. The van der Waals surface area contributed by atoms with Gasteiger partial charge in [-0.1, -0.05) is 25.7 Å². The monoisotopic (exact) mass is 515 g/mol. The molecule has 1 amide bonds. The number of aryl methyl sites for hydroxylation is 1. The molecule has 1 aliphatic heterocycles. The van der Waals surface area contributed by atoms with Gasteiger partial charge >= 0.3 is 0 Å². The molecule has 1 saturated heterocycles. The van der Waals surface area contributed by atoms with Crippen molar-refractivity contribution in [1.29, 1.82) is 0 Å². The number of fused-ring (bicyclic) bond motifs is 1. The van der Waals surface area contributed by atoms with Gasteiger partial charge in [-0.15, -0.1) is 0 Å². The molecule has 3 aliphatic rings. The van der Waals surface area contributed by atoms with Crippen LogP contribution in [0.2, 0.25) is 0 Å². The zero-order valence-corrected chi connectivity index (χ0v) is 22.7. The van der Waals surface area contributed by atoms with Crippen molar-refractivity contribution >= 4 is 11.6 Å². The Morgan fingerprint density at radius 2 is 1.82 bits per heavy atom. The Morgan fingerprint density at radius 1 is 1.05 bits per heavy atom. The fraction of sp³-hybridized carbons (Fsp3) is 0.581. The minimum Gasteiger partial charge on any atom is -0.339 e. The van der Waals surface area contributed by atoms with Gasteiger partial charge in [0.25, 0.3) is 5.91 Å². The number of hydrogen-bond donors (Lipinski definition) is 1. The number of H-pyrrole nitrogens is 1. The van der Waals surface area contributed by atoms with Gasteiger partial charge in [0.05, 0.1) is 17.0 Å². The van der Waals surface area contributed by atoms with Crippen molar-refractivity contribution < 1.29 is 4.79 Å². The van der Waals surface area contributed by atoms with Crippen LogP contribution in [-0.4, -0.2) is 62.3 Å². The summed E-state index contributed by atoms with van der Waals surface area (Å²) in [5.74, 6) is 1.77. The van der Waals surface area contributed by atoms with Crippen LogP contribution in [0, 0.1) is 11.8 Å². The zero-order chi connectivity index (χ0) is 26.1. The minimum absolute atomic E-state index is 0.118. The third-order valence-corrected chi connectivity index (χ3v) is 8.87. The van der Waals surface area contributed by atoms with E-state index in [0.29, 0.717) is 6.04 Å². The predicted octanol–water partition coefficient (Wildman–Crippen LogP) is 5.15. The molecule has 0 radical (unpaired) electrons. The lowest BCUT2D eigenvalue weighted by molar-refractivity contribution is 0.0746. The molecule has 4 heterocycles. The van der Waals surface area contributed by atoms with Gasteiger partial charge in [0.15, 0.2) is 0 Å². The maximum absolute atomic E-state index is 13.7. The van der Waals surface area contributed by atoms with Crippen LogP contribution in [-0.2, 0) is 6.42 Å². The Kier molecular flexibility index (Phi) is 7.37. The van der Waals surface area contributed by atoms with E-state index in [-0.39, 0.29) is 11.5 Å². The summed E-state index contributed by atoms with van der Waals surface area (Å²) in [6.45, 7) is 6.29. The molecular formula is C31H41N5O2. The number of carbonyl (C=O) groups excluding carboxylic acids is 1. The highest BCUT2D eigenvalue weighted by Crippen LogP contribution is 2.34. The number of likely N-dealkylation sites (tertiary alicyclic amines) is 1. The van der Waals surface area contributed by atoms with Crippen LogP contribution in [0.4, 0.5) is 0 Å². The van der Waals surface area contributed by atoms with Gasteiger partial charge in [-0.2, -0.15) is 0 Å². The second-order valence-corrected chi connectivity index (χ2v) is 11.9. The average Bonchev–Trinajstić information content (AvgIpc) is 3.86. The van der Waals surface area contributed by atoms with Crippen LogP contribution >= 0.6 is 0 Å². The van der Waals surface area contributed by atoms with Crippen molar-refractivity contribution in [3.05, 3.63) is 58.3 Å². The molecule has 3 fully saturated rings. The van der Waals surface area contributed by atoms with E-state index < -0.39 is 0 Å². The van der Waals surface area contributed by atoms with E-state index in [1.807, 2.05) is 24.4 Å². The summed E-state index contributed by atoms with van der Waals surface area (Å²) in [6, 6.07) is 7.97. The smallest absolute Gasteiger partial charge is 0.255 e. The normalized spacial score (nSPS) is 19.9. The molecule has 0 spiro atoms. The van der Waals surface area contributed by atoms with Crippen LogP contribution in [0.5, 0.6) is 0 Å². The maximum atomic E-state index is 13.7. The first kappa shape index (κ1) is 25.4. The molecule has 38 heavy (non-hydrogen) atoms. The lowest BCUT2D eigenvalue weighted by Gasteiger charge is -2.23. The number of hydrogen-bond acceptors (Lipinski definition) is 4. The molecule has 6 rings (SSSR count). The van der Waals surface area contributed by atoms with E-state index in [0.717, 1.165) is 85.3 Å². The molecule has 2 aliphatic carbocycles. The largest absolute Gasteiger partial charge is 0.339 e. The van der Waals surface area contributed by atoms with Crippen LogP contribution in [0.1, 0.15) is 80.8 Å². The van der Waals surface area contributed by atoms with Crippen LogP contribution in [0.25, 0.3) is 16.9 Å². The molecule has 202 valence electrons. The SMILES string of the molecule is CC1CCCN1CCCc1c(-c2ccc(=O)[nH]c2)nc2ccc(C(=O)N(CCC3CC3)CCC3CC3)cn12. The van der Waals surface area contributed by atoms with E-state index >= 15 is 0 Å². The first-order valence-electron chi connectivity index (χ1n) is 14.8. The van der Waals surface area contributed by atoms with Gasteiger partial charge < -0.3 is 19.2 Å². The minimum atomic E-state index is -0.118. The highest BCUT2D eigenvalue weighted by atomic mass is 16.2. The van der Waals surface area contributed by atoms with Gasteiger partial charge in [-0.25, -0.2) is 4.98 Å². The van der Waals surface area contributed by atoms with Crippen molar-refractivity contribution in [1.82, 2.24) is 24.2 Å². The van der Waals surface area contributed by atoms with Crippen molar-refractivity contribution in [3.63, 3.8) is 0 Å². The van der Waals surface area contributed by atoms with E-state index in [9.17, 15) is 9.59 Å². The number of carbonyl (C=O) groups is 1. The molecular weight excluding hydrogens is 474 g/mol. The van der Waals surface area contributed by atoms with Crippen molar-refractivity contribution in [2.24, 2.45) is 11.8 Å². The lowest BCUT2D eigenvalue weighted by atomic mass is 10.1. The fourth-order valence-electron chi connectivity index (χ4n) is 6.01. The summed E-state index contributed by atoms with van der Waals surface area (Å²) in [6.07, 6.45) is 15.7. The quantitative estimate of drug-likeness (QED) is 0.362. The Bertz CT molecular complexity index is 1300. The third-order valence-electron chi connectivity index (χ3n) is 8.87. The Morgan fingerprint density at radius 3 is 2.45 bits per heavy atom. The summed E-state index contributed by atoms with van der Waals surface area (Å²) in [5, 5.41) is 0. The van der Waals surface area contributed by atoms with Crippen molar-refractivity contribution in [3.8, 4) is 11.3 Å². The summed E-state index contributed by atoms with van der Waals surface area (Å²) >= 11 is 0. The number of aromatic amines is 1. The number of imidazole rings is 1. The van der Waals surface area contributed by atoms with E-state index in [1.54, 1.807) is 12.3 Å². The molecule has 2 saturated carbocycles. The van der Waals surface area contributed by atoms with Gasteiger partial charge in [-0.05, 0) is 88.6 Å². The number of rotatable bonds is 12. The lowest BCUT2D eigenvalue weighted by Crippen LogP contribution is -2.33. The molecule has 7 heteroatoms. The second kappa shape index (κ2) is 11.0. The molecule has 1 N–H and O–H groups in total.